The third-order valence-electron chi connectivity index (χ3n) is 2.72. The summed E-state index contributed by atoms with van der Waals surface area (Å²) < 4.78 is 22.2. The first-order chi connectivity index (χ1) is 7.90. The van der Waals surface area contributed by atoms with Crippen LogP contribution in [0.25, 0.3) is 0 Å². The third-order valence-corrected chi connectivity index (χ3v) is 4.14. The van der Waals surface area contributed by atoms with Gasteiger partial charge in [-0.2, -0.15) is 0 Å². The minimum atomic E-state index is -2.89. The first kappa shape index (κ1) is 14.5. The van der Waals surface area contributed by atoms with Gasteiger partial charge in [0.05, 0.1) is 5.75 Å². The van der Waals surface area contributed by atoms with Gasteiger partial charge in [0, 0.05) is 12.1 Å². The van der Waals surface area contributed by atoms with Gasteiger partial charge >= 0.3 is 0 Å². The van der Waals surface area contributed by atoms with Crippen LogP contribution >= 0.6 is 11.6 Å². The van der Waals surface area contributed by atoms with Crippen molar-refractivity contribution in [3.8, 4) is 0 Å². The van der Waals surface area contributed by atoms with Crippen molar-refractivity contribution in [3.63, 3.8) is 0 Å². The van der Waals surface area contributed by atoms with Gasteiger partial charge in [0.15, 0.2) is 0 Å². The van der Waals surface area contributed by atoms with Crippen LogP contribution in [-0.2, 0) is 16.3 Å². The zero-order valence-electron chi connectivity index (χ0n) is 10.3. The number of rotatable bonds is 6. The fraction of sp³-hybridized carbons (Fsp3) is 0.538. The Kier molecular flexibility index (Phi) is 5.47. The van der Waals surface area contributed by atoms with Crippen molar-refractivity contribution in [2.75, 3.05) is 17.9 Å². The Hall–Kier alpha value is -0.540. The Balaban J connectivity index is 2.58. The summed E-state index contributed by atoms with van der Waals surface area (Å²) in [5.74, 6) is 0.952. The fourth-order valence-corrected chi connectivity index (χ4v) is 2.81. The van der Waals surface area contributed by atoms with E-state index in [9.17, 15) is 8.42 Å². The van der Waals surface area contributed by atoms with Crippen molar-refractivity contribution in [1.29, 1.82) is 0 Å². The van der Waals surface area contributed by atoms with E-state index in [0.29, 0.717) is 12.3 Å². The Morgan fingerprint density at radius 1 is 1.35 bits per heavy atom. The van der Waals surface area contributed by atoms with Crippen molar-refractivity contribution >= 4 is 21.4 Å². The SMILES string of the molecule is Cc1cccc(CC(CCl)CCS(C)(=O)=O)c1. The molecule has 0 radical (unpaired) electrons. The Labute approximate surface area is 109 Å². The molecule has 2 nitrogen and oxygen atoms in total. The summed E-state index contributed by atoms with van der Waals surface area (Å²) in [4.78, 5) is 0. The predicted octanol–water partition coefficient (Wildman–Crippen LogP) is 2.83. The van der Waals surface area contributed by atoms with Gasteiger partial charge in [-0.3, -0.25) is 0 Å². The molecule has 0 fully saturated rings. The van der Waals surface area contributed by atoms with E-state index < -0.39 is 9.84 Å². The van der Waals surface area contributed by atoms with E-state index in [-0.39, 0.29) is 11.7 Å². The Morgan fingerprint density at radius 3 is 2.59 bits per heavy atom. The number of sulfone groups is 1. The number of aryl methyl sites for hydroxylation is 1. The van der Waals surface area contributed by atoms with Crippen LogP contribution in [0, 0.1) is 12.8 Å². The minimum Gasteiger partial charge on any atom is -0.229 e. The van der Waals surface area contributed by atoms with E-state index in [4.69, 9.17) is 11.6 Å². The van der Waals surface area contributed by atoms with Gasteiger partial charge < -0.3 is 0 Å². The molecule has 0 aliphatic rings. The van der Waals surface area contributed by atoms with Crippen molar-refractivity contribution in [1.82, 2.24) is 0 Å². The molecule has 96 valence electrons. The van der Waals surface area contributed by atoms with Crippen molar-refractivity contribution in [2.24, 2.45) is 5.92 Å². The average Bonchev–Trinajstić information content (AvgIpc) is 2.23. The predicted molar refractivity (Wildman–Crippen MR) is 73.4 cm³/mol. The number of hydrogen-bond donors (Lipinski definition) is 0. The molecule has 1 atom stereocenters. The molecular formula is C13H19ClO2S. The molecule has 0 N–H and O–H groups in total. The highest BCUT2D eigenvalue weighted by Gasteiger charge is 2.12. The van der Waals surface area contributed by atoms with Crippen molar-refractivity contribution in [2.45, 2.75) is 19.8 Å². The minimum absolute atomic E-state index is 0.218. The maximum Gasteiger partial charge on any atom is 0.147 e. The topological polar surface area (TPSA) is 34.1 Å². The van der Waals surface area contributed by atoms with Crippen LogP contribution in [0.1, 0.15) is 17.5 Å². The van der Waals surface area contributed by atoms with Gasteiger partial charge in [-0.15, -0.1) is 11.6 Å². The van der Waals surface area contributed by atoms with E-state index in [1.165, 1.54) is 17.4 Å². The maximum absolute atomic E-state index is 11.1. The van der Waals surface area contributed by atoms with Gasteiger partial charge in [0.1, 0.15) is 9.84 Å². The van der Waals surface area contributed by atoms with Gasteiger partial charge in [-0.05, 0) is 31.2 Å². The van der Waals surface area contributed by atoms with E-state index in [0.717, 1.165) is 6.42 Å². The third kappa shape index (κ3) is 6.08. The molecule has 1 rings (SSSR count). The Bertz CT molecular complexity index is 454. The smallest absolute Gasteiger partial charge is 0.147 e. The summed E-state index contributed by atoms with van der Waals surface area (Å²) in [6, 6.07) is 8.26. The zero-order chi connectivity index (χ0) is 12.9. The molecular weight excluding hydrogens is 256 g/mol. The zero-order valence-corrected chi connectivity index (χ0v) is 11.9. The molecule has 0 bridgehead atoms. The summed E-state index contributed by atoms with van der Waals surface area (Å²) in [5, 5.41) is 0. The molecule has 0 spiro atoms. The summed E-state index contributed by atoms with van der Waals surface area (Å²) in [6.07, 6.45) is 2.75. The fourth-order valence-electron chi connectivity index (χ4n) is 1.79. The van der Waals surface area contributed by atoms with E-state index in [1.807, 2.05) is 6.07 Å². The molecule has 1 aromatic carbocycles. The molecule has 0 aromatic heterocycles. The summed E-state index contributed by atoms with van der Waals surface area (Å²) in [7, 11) is -2.89. The summed E-state index contributed by atoms with van der Waals surface area (Å²) in [6.45, 7) is 2.05. The molecule has 0 heterocycles. The molecule has 0 aliphatic carbocycles. The lowest BCUT2D eigenvalue weighted by molar-refractivity contribution is 0.550. The highest BCUT2D eigenvalue weighted by molar-refractivity contribution is 7.90. The van der Waals surface area contributed by atoms with Crippen LogP contribution in [0.2, 0.25) is 0 Å². The lowest BCUT2D eigenvalue weighted by Crippen LogP contribution is -2.13. The second-order valence-electron chi connectivity index (χ2n) is 4.63. The summed E-state index contributed by atoms with van der Waals surface area (Å²) >= 11 is 5.89. The number of benzene rings is 1. The molecule has 17 heavy (non-hydrogen) atoms. The van der Waals surface area contributed by atoms with E-state index in [1.54, 1.807) is 0 Å². The molecule has 4 heteroatoms. The van der Waals surface area contributed by atoms with Gasteiger partial charge in [-0.1, -0.05) is 29.8 Å². The highest BCUT2D eigenvalue weighted by Crippen LogP contribution is 2.16. The van der Waals surface area contributed by atoms with Crippen LogP contribution in [0.5, 0.6) is 0 Å². The molecule has 0 saturated heterocycles. The number of alkyl halides is 1. The van der Waals surface area contributed by atoms with E-state index in [2.05, 4.69) is 25.1 Å². The molecule has 0 aliphatic heterocycles. The van der Waals surface area contributed by atoms with Crippen LogP contribution in [-0.4, -0.2) is 26.3 Å². The van der Waals surface area contributed by atoms with Gasteiger partial charge in [0.25, 0.3) is 0 Å². The second kappa shape index (κ2) is 6.41. The summed E-state index contributed by atoms with van der Waals surface area (Å²) in [5.41, 5.74) is 2.45. The number of halogens is 1. The second-order valence-corrected chi connectivity index (χ2v) is 7.20. The molecule has 1 unspecified atom stereocenters. The highest BCUT2D eigenvalue weighted by atomic mass is 35.5. The van der Waals surface area contributed by atoms with Gasteiger partial charge in [0.2, 0.25) is 0 Å². The monoisotopic (exact) mass is 274 g/mol. The lowest BCUT2D eigenvalue weighted by Gasteiger charge is -2.13. The van der Waals surface area contributed by atoms with Crippen molar-refractivity contribution < 1.29 is 8.42 Å². The first-order valence-corrected chi connectivity index (χ1v) is 8.29. The molecule has 0 saturated carbocycles. The molecule has 0 amide bonds. The van der Waals surface area contributed by atoms with Crippen molar-refractivity contribution in [3.05, 3.63) is 35.4 Å². The standard InChI is InChI=1S/C13H19ClO2S/c1-11-4-3-5-12(8-11)9-13(10-14)6-7-17(2,15)16/h3-5,8,13H,6-7,9-10H2,1-2H3. The largest absolute Gasteiger partial charge is 0.229 e. The quantitative estimate of drug-likeness (QED) is 0.748. The lowest BCUT2D eigenvalue weighted by atomic mass is 9.98. The number of hydrogen-bond acceptors (Lipinski definition) is 2. The van der Waals surface area contributed by atoms with Crippen LogP contribution in [0.4, 0.5) is 0 Å². The average molecular weight is 275 g/mol. The van der Waals surface area contributed by atoms with Crippen LogP contribution < -0.4 is 0 Å². The first-order valence-electron chi connectivity index (χ1n) is 5.70. The van der Waals surface area contributed by atoms with Crippen LogP contribution in [0.3, 0.4) is 0 Å². The molecule has 1 aromatic rings. The van der Waals surface area contributed by atoms with E-state index >= 15 is 0 Å². The maximum atomic E-state index is 11.1. The van der Waals surface area contributed by atoms with Crippen LogP contribution in [0.15, 0.2) is 24.3 Å². The Morgan fingerprint density at radius 2 is 2.06 bits per heavy atom. The van der Waals surface area contributed by atoms with Gasteiger partial charge in [-0.25, -0.2) is 8.42 Å². The normalized spacial score (nSPS) is 13.6.